The van der Waals surface area contributed by atoms with Gasteiger partial charge in [0.25, 0.3) is 0 Å². The Labute approximate surface area is 142 Å². The smallest absolute Gasteiger partial charge is 0.0233 e. The van der Waals surface area contributed by atoms with Gasteiger partial charge in [0, 0.05) is 32.7 Å². The summed E-state index contributed by atoms with van der Waals surface area (Å²) in [5.41, 5.74) is 1.45. The van der Waals surface area contributed by atoms with E-state index in [2.05, 4.69) is 59.1 Å². The van der Waals surface area contributed by atoms with E-state index in [0.717, 1.165) is 18.4 Å². The molecular formula is C20H33N3. The quantitative estimate of drug-likeness (QED) is 0.799. The first-order valence-corrected chi connectivity index (χ1v) is 9.32. The minimum atomic E-state index is 0.844. The number of benzene rings is 1. The SMILES string of the molecule is CN1CC[C@@H](CN(C)C[C@@H]2CCCN(Cc3ccccc3)C2)C1. The van der Waals surface area contributed by atoms with Crippen LogP contribution in [0.15, 0.2) is 30.3 Å². The van der Waals surface area contributed by atoms with E-state index >= 15 is 0 Å². The molecule has 0 aromatic heterocycles. The van der Waals surface area contributed by atoms with Gasteiger partial charge in [0.15, 0.2) is 0 Å². The van der Waals surface area contributed by atoms with Crippen LogP contribution < -0.4 is 0 Å². The maximum Gasteiger partial charge on any atom is 0.0233 e. The third-order valence-corrected chi connectivity index (χ3v) is 5.48. The Bertz CT molecular complexity index is 461. The summed E-state index contributed by atoms with van der Waals surface area (Å²) in [5.74, 6) is 1.73. The minimum Gasteiger partial charge on any atom is -0.306 e. The van der Waals surface area contributed by atoms with Gasteiger partial charge in [-0.3, -0.25) is 4.90 Å². The van der Waals surface area contributed by atoms with Gasteiger partial charge in [-0.1, -0.05) is 30.3 Å². The number of hydrogen-bond acceptors (Lipinski definition) is 3. The maximum absolute atomic E-state index is 2.65. The van der Waals surface area contributed by atoms with Crippen LogP contribution in [0.4, 0.5) is 0 Å². The van der Waals surface area contributed by atoms with Crippen molar-refractivity contribution in [3.8, 4) is 0 Å². The summed E-state index contributed by atoms with van der Waals surface area (Å²) in [6.07, 6.45) is 4.14. The summed E-state index contributed by atoms with van der Waals surface area (Å²) in [6.45, 7) is 8.77. The number of likely N-dealkylation sites (tertiary alicyclic amines) is 2. The van der Waals surface area contributed by atoms with Crippen LogP contribution in [0.25, 0.3) is 0 Å². The van der Waals surface area contributed by atoms with E-state index < -0.39 is 0 Å². The van der Waals surface area contributed by atoms with Gasteiger partial charge in [-0.05, 0) is 63.8 Å². The van der Waals surface area contributed by atoms with Gasteiger partial charge in [0.1, 0.15) is 0 Å². The second-order valence-electron chi connectivity index (χ2n) is 7.87. The Morgan fingerprint density at radius 1 is 1.00 bits per heavy atom. The second kappa shape index (κ2) is 8.27. The van der Waals surface area contributed by atoms with E-state index in [-0.39, 0.29) is 0 Å². The lowest BCUT2D eigenvalue weighted by Crippen LogP contribution is -2.40. The van der Waals surface area contributed by atoms with E-state index in [1.807, 2.05) is 0 Å². The lowest BCUT2D eigenvalue weighted by molar-refractivity contribution is 0.132. The molecule has 2 saturated heterocycles. The van der Waals surface area contributed by atoms with Gasteiger partial charge in [0.2, 0.25) is 0 Å². The van der Waals surface area contributed by atoms with Gasteiger partial charge in [-0.2, -0.15) is 0 Å². The number of piperidine rings is 1. The highest BCUT2D eigenvalue weighted by atomic mass is 15.2. The van der Waals surface area contributed by atoms with Gasteiger partial charge < -0.3 is 9.80 Å². The molecule has 2 atom stereocenters. The highest BCUT2D eigenvalue weighted by molar-refractivity contribution is 5.14. The Morgan fingerprint density at radius 3 is 2.43 bits per heavy atom. The van der Waals surface area contributed by atoms with Gasteiger partial charge in [0.05, 0.1) is 0 Å². The topological polar surface area (TPSA) is 9.72 Å². The van der Waals surface area contributed by atoms with Crippen LogP contribution in [0.1, 0.15) is 24.8 Å². The van der Waals surface area contributed by atoms with Crippen molar-refractivity contribution in [2.24, 2.45) is 11.8 Å². The van der Waals surface area contributed by atoms with Crippen LogP contribution in [0.5, 0.6) is 0 Å². The molecule has 0 bridgehead atoms. The van der Waals surface area contributed by atoms with Gasteiger partial charge in [-0.15, -0.1) is 0 Å². The molecule has 1 aromatic carbocycles. The van der Waals surface area contributed by atoms with Crippen molar-refractivity contribution in [3.05, 3.63) is 35.9 Å². The molecule has 2 aliphatic rings. The zero-order chi connectivity index (χ0) is 16.1. The Balaban J connectivity index is 1.43. The molecule has 1 aromatic rings. The lowest BCUT2D eigenvalue weighted by Gasteiger charge is -2.35. The van der Waals surface area contributed by atoms with E-state index in [1.165, 1.54) is 64.1 Å². The molecule has 0 aliphatic carbocycles. The average Bonchev–Trinajstić information content (AvgIpc) is 2.93. The molecule has 0 amide bonds. The van der Waals surface area contributed by atoms with Crippen LogP contribution in [0.2, 0.25) is 0 Å². The summed E-state index contributed by atoms with van der Waals surface area (Å²) in [4.78, 5) is 7.72. The van der Waals surface area contributed by atoms with Crippen molar-refractivity contribution in [1.82, 2.24) is 14.7 Å². The molecule has 2 aliphatic heterocycles. The van der Waals surface area contributed by atoms with E-state index in [0.29, 0.717) is 0 Å². The molecule has 23 heavy (non-hydrogen) atoms. The highest BCUT2D eigenvalue weighted by Crippen LogP contribution is 2.21. The fraction of sp³-hybridized carbons (Fsp3) is 0.700. The first-order valence-electron chi connectivity index (χ1n) is 9.32. The van der Waals surface area contributed by atoms with Crippen LogP contribution >= 0.6 is 0 Å². The zero-order valence-corrected chi connectivity index (χ0v) is 15.0. The first kappa shape index (κ1) is 16.9. The van der Waals surface area contributed by atoms with Crippen molar-refractivity contribution in [2.45, 2.75) is 25.8 Å². The van der Waals surface area contributed by atoms with Crippen molar-refractivity contribution in [1.29, 1.82) is 0 Å². The predicted octanol–water partition coefficient (Wildman–Crippen LogP) is 2.78. The number of nitrogens with zero attached hydrogens (tertiary/aromatic N) is 3. The van der Waals surface area contributed by atoms with Gasteiger partial charge >= 0.3 is 0 Å². The van der Waals surface area contributed by atoms with Crippen LogP contribution in [-0.2, 0) is 6.54 Å². The fourth-order valence-corrected chi connectivity index (χ4v) is 4.42. The van der Waals surface area contributed by atoms with Crippen LogP contribution in [0, 0.1) is 11.8 Å². The standard InChI is InChI=1S/C20H33N3/c1-21-12-10-20(13-21)15-22(2)14-19-9-6-11-23(17-19)16-18-7-4-3-5-8-18/h3-5,7-8,19-20H,6,9-17H2,1-2H3/t19-,20+/m0/s1. The molecule has 0 N–H and O–H groups in total. The molecule has 0 unspecified atom stereocenters. The average molecular weight is 316 g/mol. The van der Waals surface area contributed by atoms with Crippen molar-refractivity contribution >= 4 is 0 Å². The molecule has 2 fully saturated rings. The fourth-order valence-electron chi connectivity index (χ4n) is 4.42. The lowest BCUT2D eigenvalue weighted by atomic mass is 9.96. The van der Waals surface area contributed by atoms with E-state index in [4.69, 9.17) is 0 Å². The molecule has 3 heteroatoms. The minimum absolute atomic E-state index is 0.844. The van der Waals surface area contributed by atoms with Gasteiger partial charge in [-0.25, -0.2) is 0 Å². The Hall–Kier alpha value is -0.900. The van der Waals surface area contributed by atoms with E-state index in [9.17, 15) is 0 Å². The third-order valence-electron chi connectivity index (χ3n) is 5.48. The van der Waals surface area contributed by atoms with Crippen molar-refractivity contribution < 1.29 is 0 Å². The molecule has 128 valence electrons. The molecule has 3 nitrogen and oxygen atoms in total. The Morgan fingerprint density at radius 2 is 1.74 bits per heavy atom. The van der Waals surface area contributed by atoms with Crippen molar-refractivity contribution in [2.75, 3.05) is 53.4 Å². The monoisotopic (exact) mass is 315 g/mol. The molecule has 0 saturated carbocycles. The summed E-state index contributed by atoms with van der Waals surface area (Å²) in [5, 5.41) is 0. The molecular weight excluding hydrogens is 282 g/mol. The Kier molecular flexibility index (Phi) is 6.09. The maximum atomic E-state index is 2.65. The summed E-state index contributed by atoms with van der Waals surface area (Å²) < 4.78 is 0. The third kappa shape index (κ3) is 5.30. The number of hydrogen-bond donors (Lipinski definition) is 0. The van der Waals surface area contributed by atoms with E-state index in [1.54, 1.807) is 0 Å². The molecule has 0 spiro atoms. The summed E-state index contributed by atoms with van der Waals surface area (Å²) >= 11 is 0. The number of rotatable bonds is 6. The molecule has 3 rings (SSSR count). The van der Waals surface area contributed by atoms with Crippen molar-refractivity contribution in [3.63, 3.8) is 0 Å². The van der Waals surface area contributed by atoms with Crippen LogP contribution in [-0.4, -0.2) is 68.1 Å². The first-order chi connectivity index (χ1) is 11.2. The summed E-state index contributed by atoms with van der Waals surface area (Å²) in [7, 11) is 4.58. The molecule has 0 radical (unpaired) electrons. The second-order valence-corrected chi connectivity index (χ2v) is 7.87. The van der Waals surface area contributed by atoms with Crippen LogP contribution in [0.3, 0.4) is 0 Å². The predicted molar refractivity (Wildman–Crippen MR) is 97.5 cm³/mol. The largest absolute Gasteiger partial charge is 0.306 e. The normalized spacial score (nSPS) is 26.9. The summed E-state index contributed by atoms with van der Waals surface area (Å²) in [6, 6.07) is 10.9. The molecule has 2 heterocycles. The zero-order valence-electron chi connectivity index (χ0n) is 15.0. The highest BCUT2D eigenvalue weighted by Gasteiger charge is 2.24.